The Labute approximate surface area is 197 Å². The van der Waals surface area contributed by atoms with Crippen molar-refractivity contribution in [1.82, 2.24) is 0 Å². The summed E-state index contributed by atoms with van der Waals surface area (Å²) < 4.78 is 46.7. The number of carbonyl (C=O) groups excluding carboxylic acids is 2. The Morgan fingerprint density at radius 2 is 1.79 bits per heavy atom. The zero-order valence-electron chi connectivity index (χ0n) is 18.6. The van der Waals surface area contributed by atoms with Crippen LogP contribution in [0.4, 0.5) is 15.8 Å². The van der Waals surface area contributed by atoms with Crippen LogP contribution >= 0.6 is 0 Å². The van der Waals surface area contributed by atoms with Gasteiger partial charge in [-0.2, -0.15) is 0 Å². The van der Waals surface area contributed by atoms with Crippen LogP contribution in [0.5, 0.6) is 0 Å². The third kappa shape index (κ3) is 4.65. The van der Waals surface area contributed by atoms with Crippen LogP contribution in [0.1, 0.15) is 28.4 Å². The fourth-order valence-electron chi connectivity index (χ4n) is 4.08. The molecular weight excluding hydrogens is 459 g/mol. The van der Waals surface area contributed by atoms with Gasteiger partial charge in [0.2, 0.25) is 0 Å². The van der Waals surface area contributed by atoms with Crippen molar-refractivity contribution >= 4 is 33.3 Å². The van der Waals surface area contributed by atoms with Crippen molar-refractivity contribution in [2.24, 2.45) is 0 Å². The summed E-state index contributed by atoms with van der Waals surface area (Å²) in [6.45, 7) is 2.90. The highest BCUT2D eigenvalue weighted by Gasteiger charge is 2.31. The maximum absolute atomic E-state index is 13.4. The van der Waals surface area contributed by atoms with Crippen LogP contribution < -0.4 is 9.62 Å². The Kier molecular flexibility index (Phi) is 6.39. The maximum atomic E-state index is 13.4. The van der Waals surface area contributed by atoms with Crippen LogP contribution in [0.15, 0.2) is 71.6 Å². The van der Waals surface area contributed by atoms with Gasteiger partial charge in [0.05, 0.1) is 16.1 Å². The number of fused-ring (bicyclic) bond motifs is 1. The number of carbonyl (C=O) groups is 2. The van der Waals surface area contributed by atoms with Crippen LogP contribution in [-0.2, 0) is 26.0 Å². The molecule has 0 unspecified atom stereocenters. The second-order valence-corrected chi connectivity index (χ2v) is 9.73. The number of nitrogens with zero attached hydrogens (tertiary/aromatic N) is 1. The third-order valence-corrected chi connectivity index (χ3v) is 7.15. The largest absolute Gasteiger partial charge is 0.452 e. The average Bonchev–Trinajstić information content (AvgIpc) is 3.12. The van der Waals surface area contributed by atoms with Crippen molar-refractivity contribution in [3.63, 3.8) is 0 Å². The van der Waals surface area contributed by atoms with E-state index in [0.29, 0.717) is 6.42 Å². The predicted molar refractivity (Wildman–Crippen MR) is 126 cm³/mol. The lowest BCUT2D eigenvalue weighted by molar-refractivity contribution is -0.122. The monoisotopic (exact) mass is 482 g/mol. The van der Waals surface area contributed by atoms with E-state index in [9.17, 15) is 22.4 Å². The first-order valence-corrected chi connectivity index (χ1v) is 12.1. The molecule has 0 saturated carbocycles. The molecule has 0 saturated heterocycles. The summed E-state index contributed by atoms with van der Waals surface area (Å²) in [6, 6.07) is 16.7. The van der Waals surface area contributed by atoms with Crippen molar-refractivity contribution in [3.8, 4) is 0 Å². The molecule has 1 heterocycles. The summed E-state index contributed by atoms with van der Waals surface area (Å²) in [5, 5.41) is 0. The molecule has 0 spiro atoms. The van der Waals surface area contributed by atoms with Crippen molar-refractivity contribution < 1.29 is 27.1 Å². The van der Waals surface area contributed by atoms with Crippen molar-refractivity contribution in [3.05, 3.63) is 89.2 Å². The summed E-state index contributed by atoms with van der Waals surface area (Å²) in [5.41, 5.74) is 2.00. The second kappa shape index (κ2) is 9.26. The summed E-state index contributed by atoms with van der Waals surface area (Å²) in [7, 11) is -4.10. The molecule has 3 aromatic carbocycles. The first-order valence-electron chi connectivity index (χ1n) is 10.6. The molecule has 1 amide bonds. The lowest BCUT2D eigenvalue weighted by atomic mass is 10.1. The Balaban J connectivity index is 1.49. The van der Waals surface area contributed by atoms with Crippen molar-refractivity contribution in [2.75, 3.05) is 16.2 Å². The number of halogens is 1. The molecule has 1 aliphatic heterocycles. The number of nitrogens with one attached hydrogen (secondary N) is 1. The molecule has 1 N–H and O–H groups in total. The average molecular weight is 483 g/mol. The fourth-order valence-corrected chi connectivity index (χ4v) is 5.39. The zero-order chi connectivity index (χ0) is 24.5. The number of para-hydroxylation sites is 2. The summed E-state index contributed by atoms with van der Waals surface area (Å²) in [5.74, 6) is -1.77. The lowest BCUT2D eigenvalue weighted by Gasteiger charge is -2.22. The molecule has 1 aliphatic rings. The van der Waals surface area contributed by atoms with Gasteiger partial charge in [-0.25, -0.2) is 17.6 Å². The van der Waals surface area contributed by atoms with Crippen LogP contribution in [0, 0.1) is 12.7 Å². The van der Waals surface area contributed by atoms with Crippen molar-refractivity contribution in [2.45, 2.75) is 31.2 Å². The van der Waals surface area contributed by atoms with Gasteiger partial charge in [0.25, 0.3) is 15.9 Å². The second-order valence-electron chi connectivity index (χ2n) is 8.08. The highest BCUT2D eigenvalue weighted by atomic mass is 32.2. The molecular formula is C25H23FN2O5S. The number of rotatable bonds is 6. The summed E-state index contributed by atoms with van der Waals surface area (Å²) in [4.78, 5) is 27.1. The summed E-state index contributed by atoms with van der Waals surface area (Å²) >= 11 is 0. The molecule has 7 nitrogen and oxygen atoms in total. The van der Waals surface area contributed by atoms with Gasteiger partial charge in [-0.3, -0.25) is 9.52 Å². The molecule has 4 rings (SSSR count). The van der Waals surface area contributed by atoms with Crippen LogP contribution in [0.25, 0.3) is 0 Å². The van der Waals surface area contributed by atoms with Gasteiger partial charge in [0.1, 0.15) is 5.82 Å². The zero-order valence-corrected chi connectivity index (χ0v) is 19.4. The Morgan fingerprint density at radius 3 is 2.56 bits per heavy atom. The molecule has 0 aromatic heterocycles. The number of ether oxygens (including phenoxy) is 1. The van der Waals surface area contributed by atoms with E-state index in [1.54, 1.807) is 17.0 Å². The van der Waals surface area contributed by atoms with E-state index in [0.717, 1.165) is 29.4 Å². The van der Waals surface area contributed by atoms with Gasteiger partial charge in [0, 0.05) is 11.7 Å². The third-order valence-electron chi connectivity index (χ3n) is 5.62. The SMILES string of the molecule is Cc1cc(F)ccc1S(=O)(=O)Nc1ccccc1C(=O)OCC(=O)N1c2ccccc2C[C@H]1C. The van der Waals surface area contributed by atoms with E-state index < -0.39 is 28.4 Å². The van der Waals surface area contributed by atoms with Gasteiger partial charge >= 0.3 is 5.97 Å². The number of hydrogen-bond donors (Lipinski definition) is 1. The number of aryl methyl sites for hydroxylation is 1. The summed E-state index contributed by atoms with van der Waals surface area (Å²) in [6.07, 6.45) is 0.712. The van der Waals surface area contributed by atoms with Gasteiger partial charge in [-0.05, 0) is 67.8 Å². The smallest absolute Gasteiger partial charge is 0.340 e. The molecule has 1 atom stereocenters. The molecule has 176 valence electrons. The number of anilines is 2. The van der Waals surface area contributed by atoms with Crippen LogP contribution in [0.2, 0.25) is 0 Å². The molecule has 34 heavy (non-hydrogen) atoms. The number of esters is 1. The molecule has 0 fully saturated rings. The van der Waals surface area contributed by atoms with Gasteiger partial charge < -0.3 is 9.64 Å². The molecule has 3 aromatic rings. The first-order chi connectivity index (χ1) is 16.2. The maximum Gasteiger partial charge on any atom is 0.340 e. The minimum Gasteiger partial charge on any atom is -0.452 e. The van der Waals surface area contributed by atoms with E-state index >= 15 is 0 Å². The Hall–Kier alpha value is -3.72. The highest BCUT2D eigenvalue weighted by Crippen LogP contribution is 2.32. The van der Waals surface area contributed by atoms with Crippen molar-refractivity contribution in [1.29, 1.82) is 0 Å². The minimum atomic E-state index is -4.10. The standard InChI is InChI=1S/C25H23FN2O5S/c1-16-13-19(26)11-12-23(16)34(31,32)27-21-9-5-4-8-20(21)25(30)33-15-24(29)28-17(2)14-18-7-3-6-10-22(18)28/h3-13,17,27H,14-15H2,1-2H3/t17-/m1/s1. The van der Waals surface area contributed by atoms with E-state index in [-0.39, 0.29) is 33.7 Å². The molecule has 0 bridgehead atoms. The Morgan fingerprint density at radius 1 is 1.09 bits per heavy atom. The first kappa shape index (κ1) is 23.4. The topological polar surface area (TPSA) is 92.8 Å². The number of benzene rings is 3. The van der Waals surface area contributed by atoms with E-state index in [4.69, 9.17) is 4.74 Å². The van der Waals surface area contributed by atoms with E-state index in [2.05, 4.69) is 4.72 Å². The number of sulfonamides is 1. The molecule has 0 radical (unpaired) electrons. The predicted octanol–water partition coefficient (Wildman–Crippen LogP) is 4.07. The lowest BCUT2D eigenvalue weighted by Crippen LogP contribution is -2.38. The van der Waals surface area contributed by atoms with Gasteiger partial charge in [-0.1, -0.05) is 30.3 Å². The normalized spacial score (nSPS) is 15.0. The van der Waals surface area contributed by atoms with Crippen LogP contribution in [0.3, 0.4) is 0 Å². The molecule has 0 aliphatic carbocycles. The van der Waals surface area contributed by atoms with E-state index in [1.807, 2.05) is 31.2 Å². The molecule has 9 heteroatoms. The highest BCUT2D eigenvalue weighted by molar-refractivity contribution is 7.92. The Bertz CT molecular complexity index is 1370. The van der Waals surface area contributed by atoms with Crippen LogP contribution in [-0.4, -0.2) is 32.9 Å². The van der Waals surface area contributed by atoms with E-state index in [1.165, 1.54) is 19.1 Å². The fraction of sp³-hybridized carbons (Fsp3) is 0.200. The quantitative estimate of drug-likeness (QED) is 0.535. The van der Waals surface area contributed by atoms with Gasteiger partial charge in [0.15, 0.2) is 6.61 Å². The van der Waals surface area contributed by atoms with Gasteiger partial charge in [-0.15, -0.1) is 0 Å². The minimum absolute atomic E-state index is 0.0106. The number of hydrogen-bond acceptors (Lipinski definition) is 5. The number of amides is 1.